The van der Waals surface area contributed by atoms with Crippen molar-refractivity contribution in [1.82, 2.24) is 5.23 Å². The third kappa shape index (κ3) is 4.42. The summed E-state index contributed by atoms with van der Waals surface area (Å²) in [5.41, 5.74) is 0. The summed E-state index contributed by atoms with van der Waals surface area (Å²) in [7, 11) is -0.423. The van der Waals surface area contributed by atoms with Gasteiger partial charge in [-0.05, 0) is 38.0 Å². The first-order valence-electron chi connectivity index (χ1n) is 5.43. The third-order valence-corrected chi connectivity index (χ3v) is 2.88. The average Bonchev–Trinajstić information content (AvgIpc) is 2.14. The summed E-state index contributed by atoms with van der Waals surface area (Å²) < 4.78 is 0. The zero-order valence-corrected chi connectivity index (χ0v) is 8.78. The normalized spacial score (nSPS) is 27.6. The number of nitrogens with one attached hydrogen (secondary N) is 1. The van der Waals surface area contributed by atoms with Gasteiger partial charge in [0.1, 0.15) is 0 Å². The van der Waals surface area contributed by atoms with Crippen molar-refractivity contribution in [3.8, 4) is 0 Å². The standard InChI is InChI=1S/C9H20BNO3/c1-10(12)11-9-4-2-3-8(7-9)5-6-14-13/h8-9,11-13H,2-7H2,1H3/t8-,9+/m0/s1. The molecule has 0 aromatic carbocycles. The Bertz CT molecular complexity index is 157. The van der Waals surface area contributed by atoms with Gasteiger partial charge in [0, 0.05) is 0 Å². The second kappa shape index (κ2) is 6.40. The van der Waals surface area contributed by atoms with Gasteiger partial charge in [-0.25, -0.2) is 4.89 Å². The van der Waals surface area contributed by atoms with E-state index in [0.717, 1.165) is 19.3 Å². The van der Waals surface area contributed by atoms with Crippen LogP contribution in [0.5, 0.6) is 0 Å². The molecule has 0 saturated heterocycles. The quantitative estimate of drug-likeness (QED) is 0.354. The number of rotatable bonds is 5. The van der Waals surface area contributed by atoms with Crippen LogP contribution in [-0.4, -0.2) is 30.0 Å². The predicted molar refractivity (Wildman–Crippen MR) is 55.9 cm³/mol. The zero-order valence-electron chi connectivity index (χ0n) is 8.78. The lowest BCUT2D eigenvalue weighted by Gasteiger charge is -2.30. The molecule has 2 atom stereocenters. The van der Waals surface area contributed by atoms with E-state index in [-0.39, 0.29) is 0 Å². The minimum absolute atomic E-state index is 0.423. The Hall–Kier alpha value is -0.0951. The van der Waals surface area contributed by atoms with Gasteiger partial charge < -0.3 is 10.3 Å². The van der Waals surface area contributed by atoms with Crippen LogP contribution in [0.3, 0.4) is 0 Å². The Kier molecular flexibility index (Phi) is 5.48. The average molecular weight is 201 g/mol. The number of hydrogen-bond donors (Lipinski definition) is 3. The SMILES string of the molecule is CB(O)N[C@@H]1CCC[C@@H](CCOO)C1. The Morgan fingerprint density at radius 2 is 2.29 bits per heavy atom. The van der Waals surface area contributed by atoms with E-state index in [0.29, 0.717) is 18.6 Å². The van der Waals surface area contributed by atoms with Gasteiger partial charge >= 0.3 is 7.05 Å². The zero-order chi connectivity index (χ0) is 10.4. The first kappa shape index (κ1) is 12.0. The van der Waals surface area contributed by atoms with Gasteiger partial charge in [-0.1, -0.05) is 12.8 Å². The molecule has 0 aromatic heterocycles. The van der Waals surface area contributed by atoms with E-state index >= 15 is 0 Å². The summed E-state index contributed by atoms with van der Waals surface area (Å²) in [6.45, 7) is 2.17. The maximum Gasteiger partial charge on any atom is 0.373 e. The van der Waals surface area contributed by atoms with Gasteiger partial charge in [-0.15, -0.1) is 0 Å². The smallest absolute Gasteiger partial charge is 0.373 e. The molecule has 4 nitrogen and oxygen atoms in total. The minimum atomic E-state index is -0.423. The lowest BCUT2D eigenvalue weighted by atomic mass is 9.79. The topological polar surface area (TPSA) is 61.7 Å². The molecule has 1 fully saturated rings. The second-order valence-electron chi connectivity index (χ2n) is 4.19. The third-order valence-electron chi connectivity index (χ3n) is 2.88. The van der Waals surface area contributed by atoms with Crippen molar-refractivity contribution in [2.45, 2.75) is 45.0 Å². The van der Waals surface area contributed by atoms with Gasteiger partial charge in [0.05, 0.1) is 6.61 Å². The van der Waals surface area contributed by atoms with Crippen molar-refractivity contribution in [3.05, 3.63) is 0 Å². The molecule has 0 unspecified atom stereocenters. The largest absolute Gasteiger partial charge is 0.437 e. The Morgan fingerprint density at radius 1 is 1.50 bits per heavy atom. The van der Waals surface area contributed by atoms with Gasteiger partial charge in [-0.3, -0.25) is 5.26 Å². The molecule has 0 amide bonds. The molecule has 82 valence electrons. The summed E-state index contributed by atoms with van der Waals surface area (Å²) in [4.78, 5) is 4.09. The van der Waals surface area contributed by atoms with Crippen LogP contribution in [0.4, 0.5) is 0 Å². The fraction of sp³-hybridized carbons (Fsp3) is 1.00. The Balaban J connectivity index is 2.21. The fourth-order valence-electron chi connectivity index (χ4n) is 2.27. The summed E-state index contributed by atoms with van der Waals surface area (Å²) in [6.07, 6.45) is 5.53. The van der Waals surface area contributed by atoms with E-state index in [2.05, 4.69) is 10.1 Å². The molecule has 0 heterocycles. The second-order valence-corrected chi connectivity index (χ2v) is 4.19. The summed E-state index contributed by atoms with van der Waals surface area (Å²) in [6, 6.07) is 0.424. The minimum Gasteiger partial charge on any atom is -0.437 e. The summed E-state index contributed by atoms with van der Waals surface area (Å²) in [5, 5.41) is 20.6. The van der Waals surface area contributed by atoms with Crippen LogP contribution in [0.15, 0.2) is 0 Å². The maximum absolute atomic E-state index is 9.19. The van der Waals surface area contributed by atoms with E-state index in [1.165, 1.54) is 12.8 Å². The molecule has 0 bridgehead atoms. The Labute approximate surface area is 85.7 Å². The van der Waals surface area contributed by atoms with Gasteiger partial charge in [0.25, 0.3) is 0 Å². The highest BCUT2D eigenvalue weighted by Gasteiger charge is 2.23. The summed E-state index contributed by atoms with van der Waals surface area (Å²) in [5.74, 6) is 0.618. The van der Waals surface area contributed by atoms with E-state index in [1.54, 1.807) is 6.82 Å². The van der Waals surface area contributed by atoms with Crippen LogP contribution in [0, 0.1) is 5.92 Å². The maximum atomic E-state index is 9.19. The molecule has 1 saturated carbocycles. The fourth-order valence-corrected chi connectivity index (χ4v) is 2.27. The van der Waals surface area contributed by atoms with E-state index in [9.17, 15) is 5.02 Å². The molecule has 0 radical (unpaired) electrons. The van der Waals surface area contributed by atoms with Crippen molar-refractivity contribution in [3.63, 3.8) is 0 Å². The van der Waals surface area contributed by atoms with Crippen LogP contribution < -0.4 is 5.23 Å². The molecule has 3 N–H and O–H groups in total. The molecule has 1 aliphatic carbocycles. The molecule has 1 aliphatic rings. The summed E-state index contributed by atoms with van der Waals surface area (Å²) >= 11 is 0. The van der Waals surface area contributed by atoms with Gasteiger partial charge in [-0.2, -0.15) is 0 Å². The number of hydrogen-bond acceptors (Lipinski definition) is 4. The van der Waals surface area contributed by atoms with Crippen molar-refractivity contribution in [2.24, 2.45) is 5.92 Å². The molecule has 5 heteroatoms. The van der Waals surface area contributed by atoms with Crippen LogP contribution in [-0.2, 0) is 4.89 Å². The van der Waals surface area contributed by atoms with Gasteiger partial charge in [0.15, 0.2) is 0 Å². The molecule has 14 heavy (non-hydrogen) atoms. The Morgan fingerprint density at radius 3 is 2.93 bits per heavy atom. The van der Waals surface area contributed by atoms with Gasteiger partial charge in [0.2, 0.25) is 0 Å². The first-order valence-corrected chi connectivity index (χ1v) is 5.43. The lowest BCUT2D eigenvalue weighted by Crippen LogP contribution is -2.42. The molecule has 0 aromatic rings. The van der Waals surface area contributed by atoms with Crippen molar-refractivity contribution < 1.29 is 15.2 Å². The van der Waals surface area contributed by atoms with E-state index in [4.69, 9.17) is 5.26 Å². The lowest BCUT2D eigenvalue weighted by molar-refractivity contribution is -0.244. The highest BCUT2D eigenvalue weighted by atomic mass is 17.1. The van der Waals surface area contributed by atoms with Crippen molar-refractivity contribution in [2.75, 3.05) is 6.61 Å². The highest BCUT2D eigenvalue weighted by molar-refractivity contribution is 6.45. The highest BCUT2D eigenvalue weighted by Crippen LogP contribution is 2.26. The first-order chi connectivity index (χ1) is 6.72. The van der Waals surface area contributed by atoms with E-state index in [1.807, 2.05) is 0 Å². The van der Waals surface area contributed by atoms with Crippen molar-refractivity contribution in [1.29, 1.82) is 0 Å². The van der Waals surface area contributed by atoms with Crippen LogP contribution >= 0.6 is 0 Å². The van der Waals surface area contributed by atoms with Crippen LogP contribution in [0.2, 0.25) is 6.82 Å². The van der Waals surface area contributed by atoms with Crippen molar-refractivity contribution >= 4 is 7.05 Å². The predicted octanol–water partition coefficient (Wildman–Crippen LogP) is 1.12. The molecule has 0 aliphatic heterocycles. The molecular weight excluding hydrogens is 181 g/mol. The molecular formula is C9H20BNO3. The van der Waals surface area contributed by atoms with E-state index < -0.39 is 7.05 Å². The van der Waals surface area contributed by atoms with Crippen LogP contribution in [0.1, 0.15) is 32.1 Å². The molecule has 1 rings (SSSR count). The molecule has 0 spiro atoms. The van der Waals surface area contributed by atoms with Crippen LogP contribution in [0.25, 0.3) is 0 Å². The monoisotopic (exact) mass is 201 g/mol.